The molecule has 2 aliphatic rings. The Morgan fingerprint density at radius 2 is 1.57 bits per heavy atom. The van der Waals surface area contributed by atoms with E-state index in [-0.39, 0.29) is 15.1 Å². The Kier molecular flexibility index (Phi) is 4.85. The highest BCUT2D eigenvalue weighted by molar-refractivity contribution is 7.73. The van der Waals surface area contributed by atoms with Gasteiger partial charge in [-0.3, -0.25) is 0 Å². The molecule has 2 heteroatoms. The predicted octanol–water partition coefficient (Wildman–Crippen LogP) is 6.91. The van der Waals surface area contributed by atoms with E-state index >= 15 is 0 Å². The van der Waals surface area contributed by atoms with Crippen molar-refractivity contribution in [3.63, 3.8) is 0 Å². The van der Waals surface area contributed by atoms with Gasteiger partial charge in [0, 0.05) is 0 Å². The maximum atomic E-state index is 4.66. The van der Waals surface area contributed by atoms with Crippen LogP contribution in [0.5, 0.6) is 0 Å². The molecule has 6 atom stereocenters. The molecule has 0 aromatic rings. The number of fused-ring (bicyclic) bond motifs is 1. The second-order valence-electron chi connectivity index (χ2n) is 10.2. The molecule has 0 spiro atoms. The van der Waals surface area contributed by atoms with Crippen molar-refractivity contribution in [3.05, 3.63) is 0 Å². The number of hydrogen-bond donors (Lipinski definition) is 0. The summed E-state index contributed by atoms with van der Waals surface area (Å²) >= 11 is 0. The average Bonchev–Trinajstić information content (AvgIpc) is 2.85. The van der Waals surface area contributed by atoms with Crippen LogP contribution in [0, 0.1) is 34.0 Å². The first-order chi connectivity index (χ1) is 10.3. The van der Waals surface area contributed by atoms with Crippen LogP contribution in [0.25, 0.3) is 0 Å². The normalized spacial score (nSPS) is 38.9. The van der Waals surface area contributed by atoms with Crippen molar-refractivity contribution in [2.75, 3.05) is 12.1 Å². The van der Waals surface area contributed by atoms with E-state index in [2.05, 4.69) is 74.9 Å². The molecule has 0 aromatic heterocycles. The van der Waals surface area contributed by atoms with E-state index in [0.29, 0.717) is 21.4 Å². The second-order valence-corrected chi connectivity index (χ2v) is 15.6. The van der Waals surface area contributed by atoms with Crippen LogP contribution >= 0.6 is 15.1 Å². The largest absolute Gasteiger partial charge is 0.252 e. The highest BCUT2D eigenvalue weighted by Crippen LogP contribution is 2.86. The molecule has 132 valence electrons. The van der Waals surface area contributed by atoms with Gasteiger partial charge in [-0.15, -0.1) is 0 Å². The van der Waals surface area contributed by atoms with Crippen LogP contribution in [-0.2, 0) is 0 Å². The van der Waals surface area contributed by atoms with Crippen molar-refractivity contribution < 1.29 is 0 Å². The topological polar surface area (TPSA) is 0 Å². The van der Waals surface area contributed by atoms with Gasteiger partial charge in [0.15, 0.2) is 0 Å². The molecule has 0 aromatic carbocycles. The summed E-state index contributed by atoms with van der Waals surface area (Å²) in [6, 6.07) is 0. The second kappa shape index (κ2) is 5.68. The van der Waals surface area contributed by atoms with Crippen LogP contribution in [0.2, 0.25) is 0 Å². The molecule has 0 heterocycles. The molecular weight excluding hydrogens is 314 g/mol. The fourth-order valence-electron chi connectivity index (χ4n) is 6.17. The molecule has 23 heavy (non-hydrogen) atoms. The van der Waals surface area contributed by atoms with Crippen LogP contribution in [-0.4, -0.2) is 29.8 Å². The maximum Gasteiger partial charge on any atom is 0.252 e. The lowest BCUT2D eigenvalue weighted by Gasteiger charge is -2.41. The lowest BCUT2D eigenvalue weighted by Crippen LogP contribution is -2.36. The van der Waals surface area contributed by atoms with Crippen molar-refractivity contribution in [2.45, 2.75) is 73.9 Å². The molecular formula is C21H40P2+2. The van der Waals surface area contributed by atoms with Gasteiger partial charge in [0.2, 0.25) is 0 Å². The Hall–Kier alpha value is 0.340. The Morgan fingerprint density at radius 3 is 2.00 bits per heavy atom. The summed E-state index contributed by atoms with van der Waals surface area (Å²) in [7, 11) is -0.229. The molecule has 2 unspecified atom stereocenters. The van der Waals surface area contributed by atoms with Crippen LogP contribution < -0.4 is 0 Å². The van der Waals surface area contributed by atoms with E-state index in [1.165, 1.54) is 18.5 Å². The van der Waals surface area contributed by atoms with Gasteiger partial charge in [0.25, 0.3) is 5.90 Å². The molecule has 0 N–H and O–H groups in total. The van der Waals surface area contributed by atoms with E-state index in [4.69, 9.17) is 0 Å². The Balaban J connectivity index is 2.28. The third-order valence-electron chi connectivity index (χ3n) is 8.41. The fraction of sp³-hybridized carbons (Fsp3) is 0.905. The summed E-state index contributed by atoms with van der Waals surface area (Å²) in [6.45, 7) is 22.5. The van der Waals surface area contributed by atoms with Crippen molar-refractivity contribution >= 4 is 27.7 Å². The molecule has 2 rings (SSSR count). The standard InChI is InChI=1S/C21H40P2/c1-12-22(10)14-23(11)18(4,5)13-21-16(3)19(6,7)15(2)17(21)20(21,8)9/h15-17H,10-14H2,1-9H3/q+2/t15-,16+,17+,21+/m1/s1. The smallest absolute Gasteiger partial charge is 0.0617 e. The third-order valence-corrected chi connectivity index (χ3v) is 14.1. The summed E-state index contributed by atoms with van der Waals surface area (Å²) in [4.78, 5) is 0. The van der Waals surface area contributed by atoms with Gasteiger partial charge >= 0.3 is 0 Å². The first-order valence-corrected chi connectivity index (χ1v) is 13.0. The monoisotopic (exact) mass is 354 g/mol. The summed E-state index contributed by atoms with van der Waals surface area (Å²) in [5, 5.41) is 0.378. The van der Waals surface area contributed by atoms with Gasteiger partial charge in [-0.25, -0.2) is 0 Å². The Labute approximate surface area is 148 Å². The Bertz CT molecular complexity index is 522. The lowest BCUT2D eigenvalue weighted by atomic mass is 9.65. The van der Waals surface area contributed by atoms with E-state index in [0.717, 1.165) is 17.8 Å². The zero-order chi connectivity index (χ0) is 18.0. The van der Waals surface area contributed by atoms with Gasteiger partial charge in [0.05, 0.1) is 12.6 Å². The first kappa shape index (κ1) is 19.7. The maximum absolute atomic E-state index is 4.66. The van der Waals surface area contributed by atoms with Crippen LogP contribution in [0.4, 0.5) is 0 Å². The predicted molar refractivity (Wildman–Crippen MR) is 114 cm³/mol. The minimum Gasteiger partial charge on any atom is -0.0617 e. The van der Waals surface area contributed by atoms with Crippen molar-refractivity contribution in [2.24, 2.45) is 34.0 Å². The molecule has 2 aliphatic carbocycles. The van der Waals surface area contributed by atoms with E-state index in [1.54, 1.807) is 0 Å². The summed E-state index contributed by atoms with van der Waals surface area (Å²) < 4.78 is 0. The zero-order valence-corrected chi connectivity index (χ0v) is 19.0. The zero-order valence-electron chi connectivity index (χ0n) is 17.2. The van der Waals surface area contributed by atoms with Gasteiger partial charge < -0.3 is 0 Å². The Morgan fingerprint density at radius 1 is 1.04 bits per heavy atom. The first-order valence-electron chi connectivity index (χ1n) is 9.40. The molecule has 2 fully saturated rings. The summed E-state index contributed by atoms with van der Waals surface area (Å²) in [6.07, 6.45) is 11.7. The minimum absolute atomic E-state index is 0.0493. The SMILES string of the molecule is C=[P+](CC)C[P+](=C)C(C)(C)C[C@]12[C@@H](C)C(C)(C)[C@H](C)[C@H]1C2(C)C. The van der Waals surface area contributed by atoms with E-state index < -0.39 is 0 Å². The molecule has 0 aliphatic heterocycles. The van der Waals surface area contributed by atoms with Crippen LogP contribution in [0.1, 0.15) is 68.7 Å². The highest BCUT2D eigenvalue weighted by Gasteiger charge is 2.82. The molecule has 0 radical (unpaired) electrons. The summed E-state index contributed by atoms with van der Waals surface area (Å²) in [5.41, 5.74) is 1.52. The van der Waals surface area contributed by atoms with Crippen molar-refractivity contribution in [1.82, 2.24) is 0 Å². The van der Waals surface area contributed by atoms with E-state index in [9.17, 15) is 0 Å². The van der Waals surface area contributed by atoms with Gasteiger partial charge in [-0.05, 0) is 61.2 Å². The fourth-order valence-corrected chi connectivity index (χ4v) is 10.9. The molecule has 0 nitrogen and oxygen atoms in total. The van der Waals surface area contributed by atoms with Crippen LogP contribution in [0.3, 0.4) is 0 Å². The van der Waals surface area contributed by atoms with E-state index in [1.807, 2.05) is 0 Å². The van der Waals surface area contributed by atoms with Crippen molar-refractivity contribution in [1.29, 1.82) is 0 Å². The van der Waals surface area contributed by atoms with Crippen LogP contribution in [0.15, 0.2) is 0 Å². The van der Waals surface area contributed by atoms with Gasteiger partial charge in [0.1, 0.15) is 26.4 Å². The minimum atomic E-state index is -0.180. The molecule has 0 amide bonds. The average molecular weight is 354 g/mol. The molecule has 0 bridgehead atoms. The third kappa shape index (κ3) is 2.62. The van der Waals surface area contributed by atoms with Gasteiger partial charge in [-0.2, -0.15) is 0 Å². The quantitative estimate of drug-likeness (QED) is 0.454. The molecule has 2 saturated carbocycles. The summed E-state index contributed by atoms with van der Waals surface area (Å²) in [5.74, 6) is 3.83. The number of hydrogen-bond acceptors (Lipinski definition) is 0. The highest BCUT2D eigenvalue weighted by atomic mass is 31.2. The molecule has 0 saturated heterocycles. The van der Waals surface area contributed by atoms with Gasteiger partial charge in [-0.1, -0.05) is 41.5 Å². The van der Waals surface area contributed by atoms with Crippen molar-refractivity contribution in [3.8, 4) is 0 Å². The number of rotatable bonds is 6. The lowest BCUT2D eigenvalue weighted by molar-refractivity contribution is 0.0871.